The van der Waals surface area contributed by atoms with Crippen LogP contribution in [0.1, 0.15) is 35.3 Å². The van der Waals surface area contributed by atoms with Crippen LogP contribution in [0.2, 0.25) is 5.02 Å². The van der Waals surface area contributed by atoms with Gasteiger partial charge in [-0.3, -0.25) is 9.59 Å². The number of halogens is 1. The number of likely N-dealkylation sites (tertiary alicyclic amines) is 1. The molecule has 0 spiro atoms. The van der Waals surface area contributed by atoms with Gasteiger partial charge in [0.1, 0.15) is 5.01 Å². The van der Waals surface area contributed by atoms with Gasteiger partial charge >= 0.3 is 0 Å². The number of aromatic nitrogens is 1. The lowest BCUT2D eigenvalue weighted by molar-refractivity contribution is -0.115. The van der Waals surface area contributed by atoms with Crippen molar-refractivity contribution < 1.29 is 9.59 Å². The number of carbonyl (C=O) groups is 2. The number of benzene rings is 2. The maximum atomic E-state index is 12.9. The lowest BCUT2D eigenvalue weighted by Crippen LogP contribution is -2.36. The van der Waals surface area contributed by atoms with Gasteiger partial charge in [-0.05, 0) is 43.5 Å². The van der Waals surface area contributed by atoms with Crippen LogP contribution >= 0.6 is 22.9 Å². The summed E-state index contributed by atoms with van der Waals surface area (Å²) in [6.45, 7) is 1.54. The SMILES string of the molecule is O=C(Cc1csc(-c2cccc(Cl)c2)n1)Nc1ccccc1C(=O)N1CCCCC1. The molecule has 154 valence electrons. The van der Waals surface area contributed by atoms with E-state index in [1.807, 2.05) is 46.7 Å². The zero-order chi connectivity index (χ0) is 20.9. The quantitative estimate of drug-likeness (QED) is 0.589. The van der Waals surface area contributed by atoms with Crippen molar-refractivity contribution in [3.63, 3.8) is 0 Å². The average molecular weight is 440 g/mol. The van der Waals surface area contributed by atoms with E-state index in [9.17, 15) is 9.59 Å². The first kappa shape index (κ1) is 20.6. The van der Waals surface area contributed by atoms with E-state index in [0.29, 0.717) is 22.0 Å². The highest BCUT2D eigenvalue weighted by Crippen LogP contribution is 2.26. The van der Waals surface area contributed by atoms with Crippen molar-refractivity contribution in [2.24, 2.45) is 0 Å². The summed E-state index contributed by atoms with van der Waals surface area (Å²) in [5.74, 6) is -0.223. The maximum Gasteiger partial charge on any atom is 0.255 e. The number of carbonyl (C=O) groups excluding carboxylic acids is 2. The van der Waals surface area contributed by atoms with Crippen LogP contribution < -0.4 is 5.32 Å². The first-order valence-corrected chi connectivity index (χ1v) is 11.2. The topological polar surface area (TPSA) is 62.3 Å². The second kappa shape index (κ2) is 9.41. The molecular formula is C23H22ClN3O2S. The fraction of sp³-hybridized carbons (Fsp3) is 0.261. The van der Waals surface area contributed by atoms with Crippen LogP contribution in [0.25, 0.3) is 10.6 Å². The second-order valence-corrected chi connectivity index (χ2v) is 8.57. The van der Waals surface area contributed by atoms with E-state index in [-0.39, 0.29) is 18.2 Å². The number of rotatable bonds is 5. The molecule has 0 atom stereocenters. The third-order valence-corrected chi connectivity index (χ3v) is 6.22. The van der Waals surface area contributed by atoms with Gasteiger partial charge in [-0.15, -0.1) is 11.3 Å². The summed E-state index contributed by atoms with van der Waals surface area (Å²) in [6.07, 6.45) is 3.36. The number of thiazole rings is 1. The van der Waals surface area contributed by atoms with E-state index < -0.39 is 0 Å². The Hall–Kier alpha value is -2.70. The molecule has 1 saturated heterocycles. The first-order chi connectivity index (χ1) is 14.6. The molecule has 0 aliphatic carbocycles. The summed E-state index contributed by atoms with van der Waals surface area (Å²) >= 11 is 7.53. The van der Waals surface area contributed by atoms with Crippen molar-refractivity contribution in [3.8, 4) is 10.6 Å². The zero-order valence-corrected chi connectivity index (χ0v) is 18.0. The molecule has 3 aromatic rings. The largest absolute Gasteiger partial charge is 0.339 e. The fourth-order valence-corrected chi connectivity index (χ4v) is 4.55. The van der Waals surface area contributed by atoms with Gasteiger partial charge in [-0.25, -0.2) is 4.98 Å². The number of hydrogen-bond acceptors (Lipinski definition) is 4. The molecule has 0 saturated carbocycles. The fourth-order valence-electron chi connectivity index (χ4n) is 3.55. The molecule has 4 rings (SSSR count). The Balaban J connectivity index is 1.44. The summed E-state index contributed by atoms with van der Waals surface area (Å²) in [4.78, 5) is 32.0. The summed E-state index contributed by atoms with van der Waals surface area (Å²) in [5, 5.41) is 6.24. The highest BCUT2D eigenvalue weighted by atomic mass is 35.5. The van der Waals surface area contributed by atoms with Crippen molar-refractivity contribution in [3.05, 3.63) is 70.2 Å². The number of anilines is 1. The minimum absolute atomic E-state index is 0.0255. The van der Waals surface area contributed by atoms with E-state index in [4.69, 9.17) is 11.6 Å². The molecule has 30 heavy (non-hydrogen) atoms. The van der Waals surface area contributed by atoms with Gasteiger partial charge in [0, 0.05) is 29.1 Å². The summed E-state index contributed by atoms with van der Waals surface area (Å²) in [6, 6.07) is 14.7. The van der Waals surface area contributed by atoms with Crippen molar-refractivity contribution in [1.29, 1.82) is 0 Å². The molecule has 2 amide bonds. The van der Waals surface area contributed by atoms with E-state index >= 15 is 0 Å². The number of nitrogens with zero attached hydrogens (tertiary/aromatic N) is 2. The van der Waals surface area contributed by atoms with Gasteiger partial charge in [-0.1, -0.05) is 35.9 Å². The smallest absolute Gasteiger partial charge is 0.255 e. The van der Waals surface area contributed by atoms with Crippen LogP contribution in [0.15, 0.2) is 53.9 Å². The predicted molar refractivity (Wildman–Crippen MR) is 121 cm³/mol. The van der Waals surface area contributed by atoms with Crippen LogP contribution in [0.5, 0.6) is 0 Å². The molecule has 1 fully saturated rings. The van der Waals surface area contributed by atoms with Gasteiger partial charge in [0.05, 0.1) is 23.4 Å². The first-order valence-electron chi connectivity index (χ1n) is 9.98. The van der Waals surface area contributed by atoms with Crippen molar-refractivity contribution in [1.82, 2.24) is 9.88 Å². The average Bonchev–Trinajstić information content (AvgIpc) is 3.22. The number of hydrogen-bond donors (Lipinski definition) is 1. The number of piperidine rings is 1. The van der Waals surface area contributed by atoms with E-state index in [1.54, 1.807) is 12.1 Å². The molecular weight excluding hydrogens is 418 g/mol. The molecule has 1 aliphatic heterocycles. The number of amides is 2. The van der Waals surface area contributed by atoms with Gasteiger partial charge in [0.25, 0.3) is 5.91 Å². The van der Waals surface area contributed by atoms with Gasteiger partial charge < -0.3 is 10.2 Å². The van der Waals surface area contributed by atoms with E-state index in [1.165, 1.54) is 11.3 Å². The lowest BCUT2D eigenvalue weighted by atomic mass is 10.1. The maximum absolute atomic E-state index is 12.9. The number of para-hydroxylation sites is 1. The van der Waals surface area contributed by atoms with Gasteiger partial charge in [-0.2, -0.15) is 0 Å². The zero-order valence-electron chi connectivity index (χ0n) is 16.4. The molecule has 7 heteroatoms. The lowest BCUT2D eigenvalue weighted by Gasteiger charge is -2.27. The van der Waals surface area contributed by atoms with Crippen LogP contribution in [-0.4, -0.2) is 34.8 Å². The Labute approximate surface area is 184 Å². The highest BCUT2D eigenvalue weighted by Gasteiger charge is 2.21. The Bertz CT molecular complexity index is 1060. The summed E-state index contributed by atoms with van der Waals surface area (Å²) < 4.78 is 0. The highest BCUT2D eigenvalue weighted by molar-refractivity contribution is 7.13. The van der Waals surface area contributed by atoms with Crippen LogP contribution in [-0.2, 0) is 11.2 Å². The van der Waals surface area contributed by atoms with Crippen LogP contribution in [0.4, 0.5) is 5.69 Å². The standard InChI is InChI=1S/C23H22ClN3O2S/c24-17-8-6-7-16(13-17)22-25-18(15-30-22)14-21(28)26-20-10-3-2-9-19(20)23(29)27-11-4-1-5-12-27/h2-3,6-10,13,15H,1,4-5,11-12,14H2,(H,26,28). The predicted octanol–water partition coefficient (Wildman–Crippen LogP) is 5.27. The summed E-state index contributed by atoms with van der Waals surface area (Å²) in [7, 11) is 0. The third-order valence-electron chi connectivity index (χ3n) is 5.04. The molecule has 2 aromatic carbocycles. The Morgan fingerprint density at radius 2 is 1.87 bits per heavy atom. The molecule has 1 aromatic heterocycles. The minimum atomic E-state index is -0.197. The Morgan fingerprint density at radius 1 is 1.07 bits per heavy atom. The molecule has 0 radical (unpaired) electrons. The van der Waals surface area contributed by atoms with E-state index in [2.05, 4.69) is 10.3 Å². The van der Waals surface area contributed by atoms with Crippen molar-refractivity contribution in [2.75, 3.05) is 18.4 Å². The minimum Gasteiger partial charge on any atom is -0.339 e. The molecule has 2 heterocycles. The molecule has 1 N–H and O–H groups in total. The van der Waals surface area contributed by atoms with Gasteiger partial charge in [0.2, 0.25) is 5.91 Å². The normalized spacial score (nSPS) is 13.8. The van der Waals surface area contributed by atoms with Crippen molar-refractivity contribution in [2.45, 2.75) is 25.7 Å². The van der Waals surface area contributed by atoms with Crippen LogP contribution in [0, 0.1) is 0 Å². The Morgan fingerprint density at radius 3 is 2.67 bits per heavy atom. The molecule has 1 aliphatic rings. The molecule has 0 unspecified atom stereocenters. The molecule has 5 nitrogen and oxygen atoms in total. The Kier molecular flexibility index (Phi) is 6.45. The summed E-state index contributed by atoms with van der Waals surface area (Å²) in [5.41, 5.74) is 2.69. The van der Waals surface area contributed by atoms with E-state index in [0.717, 1.165) is 42.9 Å². The third kappa shape index (κ3) is 4.89. The van der Waals surface area contributed by atoms with Crippen LogP contribution in [0.3, 0.4) is 0 Å². The monoisotopic (exact) mass is 439 g/mol. The second-order valence-electron chi connectivity index (χ2n) is 7.28. The number of nitrogens with one attached hydrogen (secondary N) is 1. The van der Waals surface area contributed by atoms with Crippen molar-refractivity contribution >= 4 is 40.4 Å². The van der Waals surface area contributed by atoms with Gasteiger partial charge in [0.15, 0.2) is 0 Å². The molecule has 0 bridgehead atoms.